The summed E-state index contributed by atoms with van der Waals surface area (Å²) in [6.07, 6.45) is -0.956. The van der Waals surface area contributed by atoms with Gasteiger partial charge in [0.2, 0.25) is 5.91 Å². The lowest BCUT2D eigenvalue weighted by Crippen LogP contribution is -2.51. The highest BCUT2D eigenvalue weighted by molar-refractivity contribution is 5.91. The van der Waals surface area contributed by atoms with Crippen molar-refractivity contribution in [3.05, 3.63) is 35.9 Å². The summed E-state index contributed by atoms with van der Waals surface area (Å²) in [5.41, 5.74) is 2.39. The molecule has 8 nitrogen and oxygen atoms in total. The molecule has 2 amide bonds. The summed E-state index contributed by atoms with van der Waals surface area (Å²) in [5.74, 6) is -2.71. The molecule has 8 heteroatoms. The summed E-state index contributed by atoms with van der Waals surface area (Å²) >= 11 is 0. The van der Waals surface area contributed by atoms with Crippen LogP contribution in [0.4, 0.5) is 0 Å². The van der Waals surface area contributed by atoms with Gasteiger partial charge in [-0.2, -0.15) is 0 Å². The smallest absolute Gasteiger partial charge is 0.329 e. The van der Waals surface area contributed by atoms with Crippen LogP contribution in [0.1, 0.15) is 39.7 Å². The molecule has 1 aromatic carbocycles. The Morgan fingerprint density at radius 1 is 1.03 bits per heavy atom. The van der Waals surface area contributed by atoms with E-state index in [2.05, 4.69) is 5.32 Å². The molecule has 3 N–H and O–H groups in total. The van der Waals surface area contributed by atoms with Crippen LogP contribution in [0.25, 0.3) is 0 Å². The molecule has 0 bridgehead atoms. The summed E-state index contributed by atoms with van der Waals surface area (Å²) in [5, 5.41) is 11.7. The van der Waals surface area contributed by atoms with Gasteiger partial charge in [-0.1, -0.05) is 44.2 Å². The number of nitrogens with one attached hydrogen (secondary N) is 2. The molecule has 0 radical (unpaired) electrons. The van der Waals surface area contributed by atoms with Crippen LogP contribution in [0.3, 0.4) is 0 Å². The molecule has 0 saturated carbocycles. The van der Waals surface area contributed by atoms with Gasteiger partial charge >= 0.3 is 5.97 Å². The minimum Gasteiger partial charge on any atom is -0.461 e. The second-order valence-corrected chi connectivity index (χ2v) is 7.60. The van der Waals surface area contributed by atoms with Gasteiger partial charge in [0, 0.05) is 13.5 Å². The molecule has 3 atom stereocenters. The van der Waals surface area contributed by atoms with Crippen LogP contribution in [-0.4, -0.2) is 48.4 Å². The zero-order valence-corrected chi connectivity index (χ0v) is 17.7. The third kappa shape index (κ3) is 8.21. The Morgan fingerprint density at radius 3 is 2.14 bits per heavy atom. The molecular weight excluding hydrogens is 376 g/mol. The topological polar surface area (TPSA) is 114 Å². The fourth-order valence-corrected chi connectivity index (χ4v) is 3.03. The lowest BCUT2D eigenvalue weighted by atomic mass is 9.90. The van der Waals surface area contributed by atoms with E-state index in [9.17, 15) is 14.4 Å². The molecule has 0 saturated heterocycles. The minimum absolute atomic E-state index is 0.0741. The number of amides is 2. The van der Waals surface area contributed by atoms with Crippen LogP contribution in [-0.2, 0) is 30.3 Å². The summed E-state index contributed by atoms with van der Waals surface area (Å²) < 4.78 is 10.5. The maximum absolute atomic E-state index is 13.0. The number of ether oxygens (including phenoxy) is 2. The predicted molar refractivity (Wildman–Crippen MR) is 107 cm³/mol. The highest BCUT2D eigenvalue weighted by Crippen LogP contribution is 2.19. The van der Waals surface area contributed by atoms with E-state index in [4.69, 9.17) is 14.7 Å². The molecule has 0 fully saturated rings. The normalized spacial score (nSPS) is 14.2. The monoisotopic (exact) mass is 408 g/mol. The fraction of sp³-hybridized carbons (Fsp3) is 0.571. The van der Waals surface area contributed by atoms with Crippen LogP contribution in [0.5, 0.6) is 0 Å². The predicted octanol–water partition coefficient (Wildman–Crippen LogP) is 1.85. The van der Waals surface area contributed by atoms with Gasteiger partial charge in [0.25, 0.3) is 5.91 Å². The molecule has 3 unspecified atom stereocenters. The molecule has 0 spiro atoms. The Labute approximate surface area is 171 Å². The number of esters is 1. The van der Waals surface area contributed by atoms with Crippen molar-refractivity contribution in [2.45, 2.75) is 58.8 Å². The molecule has 162 valence electrons. The van der Waals surface area contributed by atoms with E-state index in [0.29, 0.717) is 6.42 Å². The Balaban J connectivity index is 3.08. The molecule has 29 heavy (non-hydrogen) atoms. The lowest BCUT2D eigenvalue weighted by Gasteiger charge is -2.27. The van der Waals surface area contributed by atoms with E-state index in [1.54, 1.807) is 13.8 Å². The van der Waals surface area contributed by atoms with Gasteiger partial charge in [0.1, 0.15) is 12.1 Å². The zero-order chi connectivity index (χ0) is 22.0. The van der Waals surface area contributed by atoms with Crippen molar-refractivity contribution in [1.82, 2.24) is 10.8 Å². The van der Waals surface area contributed by atoms with E-state index in [0.717, 1.165) is 5.56 Å². The maximum Gasteiger partial charge on any atom is 0.329 e. The number of carbonyl (C=O) groups is 3. The van der Waals surface area contributed by atoms with Crippen molar-refractivity contribution in [2.24, 2.45) is 11.8 Å². The standard InChI is InChI=1S/C21H32N2O6/c1-13(2)11-16(18(28-5)20(25)23-27)19(24)22-17(21(26)29-14(3)4)12-15-9-7-6-8-10-15/h6-10,13-14,16-18,27H,11-12H2,1-5H3,(H,22,24)(H,23,25). The van der Waals surface area contributed by atoms with Crippen molar-refractivity contribution < 1.29 is 29.1 Å². The average Bonchev–Trinajstić information content (AvgIpc) is 2.66. The Bertz CT molecular complexity index is 662. The van der Waals surface area contributed by atoms with Crippen molar-refractivity contribution in [3.63, 3.8) is 0 Å². The van der Waals surface area contributed by atoms with Gasteiger partial charge < -0.3 is 14.8 Å². The van der Waals surface area contributed by atoms with E-state index in [1.165, 1.54) is 12.6 Å². The third-order valence-electron chi connectivity index (χ3n) is 4.29. The first kappa shape index (κ1) is 24.6. The maximum atomic E-state index is 13.0. The van der Waals surface area contributed by atoms with E-state index in [1.807, 2.05) is 44.2 Å². The SMILES string of the molecule is COC(C(=O)NO)C(CC(C)C)C(=O)NC(Cc1ccccc1)C(=O)OC(C)C. The number of hydroxylamine groups is 1. The second-order valence-electron chi connectivity index (χ2n) is 7.60. The van der Waals surface area contributed by atoms with Gasteiger partial charge in [0.05, 0.1) is 12.0 Å². The number of hydrogen-bond acceptors (Lipinski definition) is 6. The van der Waals surface area contributed by atoms with E-state index < -0.39 is 35.8 Å². The molecule has 0 heterocycles. The molecule has 0 aromatic heterocycles. The number of methoxy groups -OCH3 is 1. The van der Waals surface area contributed by atoms with E-state index in [-0.39, 0.29) is 18.4 Å². The lowest BCUT2D eigenvalue weighted by molar-refractivity contribution is -0.154. The van der Waals surface area contributed by atoms with E-state index >= 15 is 0 Å². The Hall–Kier alpha value is -2.45. The third-order valence-corrected chi connectivity index (χ3v) is 4.29. The first-order valence-corrected chi connectivity index (χ1v) is 9.71. The summed E-state index contributed by atoms with van der Waals surface area (Å²) in [7, 11) is 1.29. The van der Waals surface area contributed by atoms with Crippen molar-refractivity contribution >= 4 is 17.8 Å². The number of carbonyl (C=O) groups excluding carboxylic acids is 3. The number of hydrogen-bond donors (Lipinski definition) is 3. The van der Waals surface area contributed by atoms with Crippen LogP contribution >= 0.6 is 0 Å². The minimum atomic E-state index is -1.19. The van der Waals surface area contributed by atoms with Crippen molar-refractivity contribution in [2.75, 3.05) is 7.11 Å². The largest absolute Gasteiger partial charge is 0.461 e. The fourth-order valence-electron chi connectivity index (χ4n) is 3.03. The van der Waals surface area contributed by atoms with Gasteiger partial charge in [0.15, 0.2) is 0 Å². The number of rotatable bonds is 11. The highest BCUT2D eigenvalue weighted by atomic mass is 16.5. The quantitative estimate of drug-likeness (QED) is 0.292. The summed E-state index contributed by atoms with van der Waals surface area (Å²) in [4.78, 5) is 37.6. The Morgan fingerprint density at radius 2 is 1.66 bits per heavy atom. The number of benzene rings is 1. The Kier molecular flexibility index (Phi) is 10.3. The highest BCUT2D eigenvalue weighted by Gasteiger charge is 2.36. The molecule has 1 aromatic rings. The summed E-state index contributed by atoms with van der Waals surface area (Å²) in [6, 6.07) is 8.33. The van der Waals surface area contributed by atoms with Crippen LogP contribution < -0.4 is 10.8 Å². The summed E-state index contributed by atoms with van der Waals surface area (Å²) in [6.45, 7) is 7.26. The first-order valence-electron chi connectivity index (χ1n) is 9.71. The van der Waals surface area contributed by atoms with Gasteiger partial charge in [-0.3, -0.25) is 14.8 Å². The van der Waals surface area contributed by atoms with Crippen LogP contribution in [0, 0.1) is 11.8 Å². The second kappa shape index (κ2) is 12.2. The first-order chi connectivity index (χ1) is 13.7. The molecule has 0 aliphatic rings. The van der Waals surface area contributed by atoms with Gasteiger partial charge in [-0.05, 0) is 31.7 Å². The van der Waals surface area contributed by atoms with Crippen LogP contribution in [0.15, 0.2) is 30.3 Å². The molecular formula is C21H32N2O6. The van der Waals surface area contributed by atoms with Crippen molar-refractivity contribution in [1.29, 1.82) is 0 Å². The molecule has 1 rings (SSSR count). The van der Waals surface area contributed by atoms with Crippen molar-refractivity contribution in [3.8, 4) is 0 Å². The average molecular weight is 408 g/mol. The van der Waals surface area contributed by atoms with Gasteiger partial charge in [-0.15, -0.1) is 0 Å². The van der Waals surface area contributed by atoms with Crippen LogP contribution in [0.2, 0.25) is 0 Å². The van der Waals surface area contributed by atoms with Gasteiger partial charge in [-0.25, -0.2) is 10.3 Å². The zero-order valence-electron chi connectivity index (χ0n) is 17.7. The molecule has 0 aliphatic carbocycles. The molecule has 0 aliphatic heterocycles.